The zero-order valence-electron chi connectivity index (χ0n) is 12.8. The molecule has 5 nitrogen and oxygen atoms in total. The summed E-state index contributed by atoms with van der Waals surface area (Å²) in [7, 11) is 0. The maximum atomic E-state index is 12.5. The number of hydrogen-bond donors (Lipinski definition) is 2. The first kappa shape index (κ1) is 14.8. The van der Waals surface area contributed by atoms with Gasteiger partial charge in [-0.25, -0.2) is 4.98 Å². The molecule has 1 aliphatic rings. The normalized spacial score (nSPS) is 13.9. The minimum Gasteiger partial charge on any atom is -0.351 e. The van der Waals surface area contributed by atoms with E-state index < -0.39 is 0 Å². The fourth-order valence-corrected chi connectivity index (χ4v) is 3.71. The second-order valence-corrected chi connectivity index (χ2v) is 6.67. The topological polar surface area (TPSA) is 71.1 Å². The maximum absolute atomic E-state index is 12.5. The van der Waals surface area contributed by atoms with Crippen LogP contribution in [-0.2, 0) is 6.42 Å². The number of amides is 2. The van der Waals surface area contributed by atoms with E-state index in [0.29, 0.717) is 22.1 Å². The van der Waals surface area contributed by atoms with E-state index >= 15 is 0 Å². The van der Waals surface area contributed by atoms with Gasteiger partial charge in [-0.2, -0.15) is 0 Å². The van der Waals surface area contributed by atoms with Crippen LogP contribution in [0.4, 0.5) is 5.13 Å². The van der Waals surface area contributed by atoms with E-state index in [1.54, 1.807) is 6.07 Å². The van der Waals surface area contributed by atoms with Crippen LogP contribution in [0.2, 0.25) is 0 Å². The highest BCUT2D eigenvalue weighted by molar-refractivity contribution is 7.17. The fourth-order valence-electron chi connectivity index (χ4n) is 2.79. The average molecular weight is 337 g/mol. The van der Waals surface area contributed by atoms with Gasteiger partial charge < -0.3 is 5.32 Å². The summed E-state index contributed by atoms with van der Waals surface area (Å²) in [6.07, 6.45) is 1.61. The molecule has 3 aromatic rings. The lowest BCUT2D eigenvalue weighted by molar-refractivity contribution is 0.0958. The fraction of sp³-hybridized carbons (Fsp3) is 0.167. The van der Waals surface area contributed by atoms with Crippen molar-refractivity contribution in [3.8, 4) is 0 Å². The predicted molar refractivity (Wildman–Crippen MR) is 94.7 cm³/mol. The quantitative estimate of drug-likeness (QED) is 0.754. The largest absolute Gasteiger partial charge is 0.351 e. The molecule has 0 atom stereocenters. The molecule has 1 aliphatic heterocycles. The number of anilines is 1. The summed E-state index contributed by atoms with van der Waals surface area (Å²) < 4.78 is 0. The number of benzene rings is 2. The summed E-state index contributed by atoms with van der Waals surface area (Å²) >= 11 is 1.23. The molecule has 2 N–H and O–H groups in total. The second kappa shape index (κ2) is 6.05. The minimum atomic E-state index is -0.218. The highest BCUT2D eigenvalue weighted by atomic mass is 32.1. The van der Waals surface area contributed by atoms with Gasteiger partial charge in [-0.05, 0) is 35.7 Å². The molecule has 0 fully saturated rings. The van der Waals surface area contributed by atoms with Gasteiger partial charge in [0.25, 0.3) is 11.8 Å². The molecular weight excluding hydrogens is 322 g/mol. The van der Waals surface area contributed by atoms with Gasteiger partial charge in [0.15, 0.2) is 5.13 Å². The highest BCUT2D eigenvalue weighted by Gasteiger charge is 2.21. The second-order valence-electron chi connectivity index (χ2n) is 5.67. The Morgan fingerprint density at radius 2 is 2.00 bits per heavy atom. The van der Waals surface area contributed by atoms with Crippen molar-refractivity contribution in [2.45, 2.75) is 12.8 Å². The molecular formula is C18H15N3O2S. The maximum Gasteiger partial charge on any atom is 0.263 e. The Labute approximate surface area is 142 Å². The number of nitrogens with zero attached hydrogens (tertiary/aromatic N) is 1. The Bertz CT molecular complexity index is 948. The average Bonchev–Trinajstić information content (AvgIpc) is 2.93. The van der Waals surface area contributed by atoms with Crippen LogP contribution in [0.15, 0.2) is 42.5 Å². The Balaban J connectivity index is 1.59. The Morgan fingerprint density at radius 3 is 2.88 bits per heavy atom. The Morgan fingerprint density at radius 1 is 1.17 bits per heavy atom. The number of fused-ring (bicyclic) bond motifs is 2. The number of rotatable bonds is 2. The molecule has 0 bridgehead atoms. The molecule has 4 rings (SSSR count). The lowest BCUT2D eigenvalue weighted by atomic mass is 10.1. The zero-order valence-corrected chi connectivity index (χ0v) is 13.7. The summed E-state index contributed by atoms with van der Waals surface area (Å²) in [5.41, 5.74) is 1.34. The van der Waals surface area contributed by atoms with Gasteiger partial charge in [0.2, 0.25) is 0 Å². The highest BCUT2D eigenvalue weighted by Crippen LogP contribution is 2.26. The zero-order chi connectivity index (χ0) is 16.5. The molecule has 1 aromatic heterocycles. The van der Waals surface area contributed by atoms with Gasteiger partial charge >= 0.3 is 0 Å². The van der Waals surface area contributed by atoms with E-state index in [1.807, 2.05) is 36.4 Å². The molecule has 120 valence electrons. The van der Waals surface area contributed by atoms with E-state index in [4.69, 9.17) is 0 Å². The first-order valence-corrected chi connectivity index (χ1v) is 8.60. The lowest BCUT2D eigenvalue weighted by Crippen LogP contribution is -2.21. The SMILES string of the molecule is O=C(Nc1nc2c(s1)C(=O)NCCC2)c1ccc2ccccc2c1. The molecule has 0 saturated carbocycles. The van der Waals surface area contributed by atoms with Crippen LogP contribution in [0.25, 0.3) is 10.8 Å². The van der Waals surface area contributed by atoms with Crippen LogP contribution in [-0.4, -0.2) is 23.3 Å². The van der Waals surface area contributed by atoms with Gasteiger partial charge in [-0.1, -0.05) is 41.7 Å². The molecule has 2 heterocycles. The summed E-state index contributed by atoms with van der Waals surface area (Å²) in [6.45, 7) is 0.667. The molecule has 0 unspecified atom stereocenters. The van der Waals surface area contributed by atoms with E-state index in [2.05, 4.69) is 15.6 Å². The third kappa shape index (κ3) is 2.76. The van der Waals surface area contributed by atoms with E-state index in [1.165, 1.54) is 11.3 Å². The van der Waals surface area contributed by atoms with Gasteiger partial charge in [-0.3, -0.25) is 14.9 Å². The molecule has 0 saturated heterocycles. The van der Waals surface area contributed by atoms with Crippen LogP contribution in [0.1, 0.15) is 32.1 Å². The number of aryl methyl sites for hydroxylation is 1. The minimum absolute atomic E-state index is 0.105. The van der Waals surface area contributed by atoms with Crippen molar-refractivity contribution >= 4 is 39.1 Å². The van der Waals surface area contributed by atoms with Crippen LogP contribution < -0.4 is 10.6 Å². The Hall–Kier alpha value is -2.73. The van der Waals surface area contributed by atoms with Gasteiger partial charge in [0.05, 0.1) is 5.69 Å². The molecule has 0 spiro atoms. The van der Waals surface area contributed by atoms with Crippen LogP contribution in [0.5, 0.6) is 0 Å². The standard InChI is InChI=1S/C18H15N3O2S/c22-16(13-8-7-11-4-1-2-5-12(11)10-13)21-18-20-14-6-3-9-19-17(23)15(14)24-18/h1-2,4-5,7-8,10H,3,6,9H2,(H,19,23)(H,20,21,22). The van der Waals surface area contributed by atoms with Gasteiger partial charge in [-0.15, -0.1) is 0 Å². The van der Waals surface area contributed by atoms with E-state index in [-0.39, 0.29) is 11.8 Å². The van der Waals surface area contributed by atoms with Crippen LogP contribution >= 0.6 is 11.3 Å². The molecule has 24 heavy (non-hydrogen) atoms. The monoisotopic (exact) mass is 337 g/mol. The van der Waals surface area contributed by atoms with Crippen LogP contribution in [0.3, 0.4) is 0 Å². The molecule has 2 aromatic carbocycles. The summed E-state index contributed by atoms with van der Waals surface area (Å²) in [6, 6.07) is 13.5. The number of carbonyl (C=O) groups excluding carboxylic acids is 2. The lowest BCUT2D eigenvalue weighted by Gasteiger charge is -2.04. The van der Waals surface area contributed by atoms with Crippen LogP contribution in [0, 0.1) is 0 Å². The first-order chi connectivity index (χ1) is 11.7. The summed E-state index contributed by atoms with van der Waals surface area (Å²) in [5, 5.41) is 8.22. The van der Waals surface area contributed by atoms with Crippen molar-refractivity contribution in [1.82, 2.24) is 10.3 Å². The van der Waals surface area contributed by atoms with Crippen molar-refractivity contribution in [1.29, 1.82) is 0 Å². The first-order valence-electron chi connectivity index (χ1n) is 7.79. The number of aromatic nitrogens is 1. The summed E-state index contributed by atoms with van der Waals surface area (Å²) in [5.74, 6) is -0.323. The van der Waals surface area contributed by atoms with Crippen molar-refractivity contribution in [2.24, 2.45) is 0 Å². The third-order valence-corrected chi connectivity index (χ3v) is 5.02. The van der Waals surface area contributed by atoms with Crippen molar-refractivity contribution in [3.63, 3.8) is 0 Å². The molecule has 0 aliphatic carbocycles. The van der Waals surface area contributed by atoms with E-state index in [0.717, 1.165) is 29.3 Å². The van der Waals surface area contributed by atoms with Gasteiger partial charge in [0.1, 0.15) is 4.88 Å². The Kier molecular flexibility index (Phi) is 3.74. The summed E-state index contributed by atoms with van der Waals surface area (Å²) in [4.78, 5) is 29.5. The molecule has 2 amide bonds. The van der Waals surface area contributed by atoms with Crippen molar-refractivity contribution < 1.29 is 9.59 Å². The number of nitrogens with one attached hydrogen (secondary N) is 2. The third-order valence-electron chi connectivity index (χ3n) is 4.01. The predicted octanol–water partition coefficient (Wildman–Crippen LogP) is 3.22. The molecule has 0 radical (unpaired) electrons. The van der Waals surface area contributed by atoms with Gasteiger partial charge in [0, 0.05) is 12.1 Å². The smallest absolute Gasteiger partial charge is 0.263 e. The van der Waals surface area contributed by atoms with Crippen molar-refractivity contribution in [3.05, 3.63) is 58.6 Å². The van der Waals surface area contributed by atoms with Crippen molar-refractivity contribution in [2.75, 3.05) is 11.9 Å². The number of hydrogen-bond acceptors (Lipinski definition) is 4. The number of carbonyl (C=O) groups is 2. The van der Waals surface area contributed by atoms with E-state index in [9.17, 15) is 9.59 Å². The molecule has 6 heteroatoms. The number of thiazole rings is 1.